The molecule has 0 spiro atoms. The zero-order valence-corrected chi connectivity index (χ0v) is 23.9. The average Bonchev–Trinajstić information content (AvgIpc) is 3.02. The van der Waals surface area contributed by atoms with Gasteiger partial charge in [0.15, 0.2) is 0 Å². The number of hydrogen-bond donors (Lipinski definition) is 1. The number of benzene rings is 3. The second-order valence-corrected chi connectivity index (χ2v) is 11.4. The molecule has 6 nitrogen and oxygen atoms in total. The molecule has 2 saturated heterocycles. The first kappa shape index (κ1) is 29.0. The van der Waals surface area contributed by atoms with Crippen molar-refractivity contribution >= 4 is 22.5 Å². The van der Waals surface area contributed by atoms with Crippen LogP contribution in [0.1, 0.15) is 47.2 Å². The Balaban J connectivity index is 1.01. The van der Waals surface area contributed by atoms with E-state index in [0.717, 1.165) is 74.0 Å². The number of ether oxygens (including phenoxy) is 1. The van der Waals surface area contributed by atoms with Crippen molar-refractivity contribution in [1.82, 2.24) is 15.2 Å². The largest absolute Gasteiger partial charge is 0.490 e. The van der Waals surface area contributed by atoms with Crippen LogP contribution in [0.3, 0.4) is 0 Å². The quantitative estimate of drug-likeness (QED) is 0.261. The monoisotopic (exact) mass is 588 g/mol. The van der Waals surface area contributed by atoms with E-state index in [0.29, 0.717) is 24.4 Å². The lowest BCUT2D eigenvalue weighted by atomic mass is 10.0. The number of fused-ring (bicyclic) bond motifs is 1. The maximum atomic E-state index is 13.1. The number of amides is 1. The van der Waals surface area contributed by atoms with E-state index in [2.05, 4.69) is 44.4 Å². The van der Waals surface area contributed by atoms with E-state index in [4.69, 9.17) is 4.74 Å². The number of nitrogens with one attached hydrogen (secondary N) is 1. The lowest BCUT2D eigenvalue weighted by Gasteiger charge is -2.34. The second kappa shape index (κ2) is 12.6. The molecule has 0 radical (unpaired) electrons. The number of nitrogens with zero attached hydrogens (tertiary/aromatic N) is 3. The van der Waals surface area contributed by atoms with Crippen LogP contribution in [0, 0.1) is 0 Å². The summed E-state index contributed by atoms with van der Waals surface area (Å²) in [5, 5.41) is 4.03. The predicted molar refractivity (Wildman–Crippen MR) is 161 cm³/mol. The first-order valence-electron chi connectivity index (χ1n) is 14.9. The molecule has 0 atom stereocenters. The van der Waals surface area contributed by atoms with Crippen molar-refractivity contribution in [2.75, 3.05) is 31.1 Å². The van der Waals surface area contributed by atoms with Gasteiger partial charge in [0.05, 0.1) is 16.6 Å². The standard InChI is InChI=1S/C34H35F3N4O2/c35-34(36,37)27-6-8-29(9-7-27)41-18-14-30(15-19-41)43-31-10-11-32-25(21-31)20-26(22-38-32)33(42)39-28-12-16-40(17-13-28)23-24-4-2-1-3-5-24/h1-11,20-22,28,30H,12-19,23H2,(H,39,42). The number of rotatable bonds is 7. The molecule has 2 fully saturated rings. The van der Waals surface area contributed by atoms with Crippen molar-refractivity contribution in [3.63, 3.8) is 0 Å². The van der Waals surface area contributed by atoms with Crippen LogP contribution < -0.4 is 15.0 Å². The van der Waals surface area contributed by atoms with E-state index >= 15 is 0 Å². The van der Waals surface area contributed by atoms with Gasteiger partial charge in [-0.3, -0.25) is 14.7 Å². The van der Waals surface area contributed by atoms with Crippen LogP contribution in [0.4, 0.5) is 18.9 Å². The first-order valence-corrected chi connectivity index (χ1v) is 14.9. The van der Waals surface area contributed by atoms with E-state index in [1.165, 1.54) is 17.7 Å². The minimum absolute atomic E-state index is 0.00431. The van der Waals surface area contributed by atoms with Gasteiger partial charge in [0.1, 0.15) is 11.9 Å². The van der Waals surface area contributed by atoms with E-state index < -0.39 is 11.7 Å². The fraction of sp³-hybridized carbons (Fsp3) is 0.353. The summed E-state index contributed by atoms with van der Waals surface area (Å²) in [6, 6.07) is 23.5. The Morgan fingerprint density at radius 1 is 0.884 bits per heavy atom. The molecule has 2 aliphatic heterocycles. The summed E-state index contributed by atoms with van der Waals surface area (Å²) in [5.74, 6) is 0.600. The Hall–Kier alpha value is -4.11. The minimum Gasteiger partial charge on any atom is -0.490 e. The summed E-state index contributed by atoms with van der Waals surface area (Å²) < 4.78 is 44.9. The molecule has 1 N–H and O–H groups in total. The Bertz CT molecular complexity index is 1530. The molecule has 4 aromatic rings. The van der Waals surface area contributed by atoms with Crippen LogP contribution in [-0.2, 0) is 12.7 Å². The van der Waals surface area contributed by atoms with Gasteiger partial charge in [-0.25, -0.2) is 0 Å². The van der Waals surface area contributed by atoms with Gasteiger partial charge >= 0.3 is 6.18 Å². The molecule has 3 aromatic carbocycles. The number of aromatic nitrogens is 1. The molecule has 3 heterocycles. The van der Waals surface area contributed by atoms with Crippen molar-refractivity contribution in [3.05, 3.63) is 102 Å². The highest BCUT2D eigenvalue weighted by atomic mass is 19.4. The predicted octanol–water partition coefficient (Wildman–Crippen LogP) is 6.70. The number of carbonyl (C=O) groups excluding carboxylic acids is 1. The molecule has 2 aliphatic rings. The van der Waals surface area contributed by atoms with Gasteiger partial charge in [-0.1, -0.05) is 30.3 Å². The van der Waals surface area contributed by atoms with Gasteiger partial charge in [-0.2, -0.15) is 13.2 Å². The number of hydrogen-bond acceptors (Lipinski definition) is 5. The maximum absolute atomic E-state index is 13.1. The number of pyridine rings is 1. The molecule has 1 aromatic heterocycles. The van der Waals surface area contributed by atoms with Crippen LogP contribution in [0.2, 0.25) is 0 Å². The van der Waals surface area contributed by atoms with Gasteiger partial charge in [-0.15, -0.1) is 0 Å². The van der Waals surface area contributed by atoms with E-state index in [-0.39, 0.29) is 18.1 Å². The normalized spacial score (nSPS) is 17.2. The number of anilines is 1. The first-order chi connectivity index (χ1) is 20.8. The Labute approximate surface area is 249 Å². The average molecular weight is 589 g/mol. The van der Waals surface area contributed by atoms with Gasteiger partial charge in [0.25, 0.3) is 5.91 Å². The molecule has 0 unspecified atom stereocenters. The van der Waals surface area contributed by atoms with Crippen molar-refractivity contribution in [2.45, 2.75) is 50.6 Å². The zero-order chi connectivity index (χ0) is 29.8. The second-order valence-electron chi connectivity index (χ2n) is 11.4. The fourth-order valence-electron chi connectivity index (χ4n) is 5.94. The van der Waals surface area contributed by atoms with Crippen LogP contribution >= 0.6 is 0 Å². The van der Waals surface area contributed by atoms with Gasteiger partial charge in [0, 0.05) is 68.9 Å². The van der Waals surface area contributed by atoms with Crippen LogP contribution in [0.5, 0.6) is 5.75 Å². The molecule has 224 valence electrons. The summed E-state index contributed by atoms with van der Waals surface area (Å²) in [6.07, 6.45) is 0.619. The summed E-state index contributed by atoms with van der Waals surface area (Å²) in [4.78, 5) is 22.1. The lowest BCUT2D eigenvalue weighted by molar-refractivity contribution is -0.137. The third-order valence-electron chi connectivity index (χ3n) is 8.39. The van der Waals surface area contributed by atoms with Crippen molar-refractivity contribution in [2.24, 2.45) is 0 Å². The molecule has 43 heavy (non-hydrogen) atoms. The molecule has 0 aliphatic carbocycles. The Kier molecular flexibility index (Phi) is 8.51. The highest BCUT2D eigenvalue weighted by Crippen LogP contribution is 2.32. The number of carbonyl (C=O) groups is 1. The van der Waals surface area contributed by atoms with E-state index in [1.54, 1.807) is 6.20 Å². The topological polar surface area (TPSA) is 57.7 Å². The summed E-state index contributed by atoms with van der Waals surface area (Å²) in [7, 11) is 0. The van der Waals surface area contributed by atoms with Gasteiger partial charge in [-0.05, 0) is 66.9 Å². The third kappa shape index (κ3) is 7.28. The number of piperidine rings is 2. The Morgan fingerprint density at radius 2 is 1.60 bits per heavy atom. The SMILES string of the molecule is O=C(NC1CCN(Cc2ccccc2)CC1)c1cnc2ccc(OC3CCN(c4ccc(C(F)(F)F)cc4)CC3)cc2c1. The van der Waals surface area contributed by atoms with Crippen molar-refractivity contribution < 1.29 is 22.7 Å². The summed E-state index contributed by atoms with van der Waals surface area (Å²) >= 11 is 0. The summed E-state index contributed by atoms with van der Waals surface area (Å²) in [6.45, 7) is 4.21. The molecule has 0 saturated carbocycles. The lowest BCUT2D eigenvalue weighted by Crippen LogP contribution is -2.44. The number of likely N-dealkylation sites (tertiary alicyclic amines) is 1. The third-order valence-corrected chi connectivity index (χ3v) is 8.39. The van der Waals surface area contributed by atoms with Crippen LogP contribution in [-0.4, -0.2) is 54.1 Å². The van der Waals surface area contributed by atoms with E-state index in [1.807, 2.05) is 30.3 Å². The molecular formula is C34H35F3N4O2. The molecule has 1 amide bonds. The minimum atomic E-state index is -4.33. The molecular weight excluding hydrogens is 553 g/mol. The summed E-state index contributed by atoms with van der Waals surface area (Å²) in [5.41, 5.74) is 2.77. The zero-order valence-electron chi connectivity index (χ0n) is 23.9. The van der Waals surface area contributed by atoms with Crippen LogP contribution in [0.25, 0.3) is 10.9 Å². The smallest absolute Gasteiger partial charge is 0.416 e. The van der Waals surface area contributed by atoms with E-state index in [9.17, 15) is 18.0 Å². The molecule has 6 rings (SSSR count). The molecule has 9 heteroatoms. The van der Waals surface area contributed by atoms with Crippen molar-refractivity contribution in [1.29, 1.82) is 0 Å². The van der Waals surface area contributed by atoms with Gasteiger partial charge < -0.3 is 15.0 Å². The highest BCUT2D eigenvalue weighted by molar-refractivity contribution is 5.97. The maximum Gasteiger partial charge on any atom is 0.416 e. The van der Waals surface area contributed by atoms with Gasteiger partial charge in [0.2, 0.25) is 0 Å². The highest BCUT2D eigenvalue weighted by Gasteiger charge is 2.30. The fourth-order valence-corrected chi connectivity index (χ4v) is 5.94. The Morgan fingerprint density at radius 3 is 2.30 bits per heavy atom. The molecule has 0 bridgehead atoms. The number of halogens is 3. The van der Waals surface area contributed by atoms with Crippen LogP contribution in [0.15, 0.2) is 85.1 Å². The van der Waals surface area contributed by atoms with Crippen molar-refractivity contribution in [3.8, 4) is 5.75 Å². The number of alkyl halides is 3.